The number of hydrogen-bond donors (Lipinski definition) is 1. The summed E-state index contributed by atoms with van der Waals surface area (Å²) in [6.07, 6.45) is 3.56. The highest BCUT2D eigenvalue weighted by molar-refractivity contribution is 5.94. The molecular formula is C23H34N4O3. The van der Waals surface area contributed by atoms with Gasteiger partial charge >= 0.3 is 6.03 Å². The molecule has 0 bridgehead atoms. The van der Waals surface area contributed by atoms with E-state index >= 15 is 0 Å². The maximum atomic E-state index is 12.6. The Hall–Kier alpha value is -2.57. The van der Waals surface area contributed by atoms with E-state index in [0.29, 0.717) is 51.1 Å². The number of likely N-dealkylation sites (tertiary alicyclic amines) is 2. The van der Waals surface area contributed by atoms with Gasteiger partial charge in [0.25, 0.3) is 5.91 Å². The Balaban J connectivity index is 1.43. The lowest BCUT2D eigenvalue weighted by Crippen LogP contribution is -2.48. The first-order chi connectivity index (χ1) is 14.5. The minimum atomic E-state index is -0.0539. The number of nitrogens with zero attached hydrogens (tertiary/aromatic N) is 3. The molecule has 7 heteroatoms. The molecule has 0 aliphatic carbocycles. The third-order valence-corrected chi connectivity index (χ3v) is 6.23. The molecule has 1 N–H and O–H groups in total. The Kier molecular flexibility index (Phi) is 7.71. The topological polar surface area (TPSA) is 73.0 Å². The molecule has 0 saturated carbocycles. The van der Waals surface area contributed by atoms with Crippen LogP contribution in [0.5, 0.6) is 0 Å². The molecule has 30 heavy (non-hydrogen) atoms. The zero-order chi connectivity index (χ0) is 21.5. The zero-order valence-corrected chi connectivity index (χ0v) is 18.2. The van der Waals surface area contributed by atoms with Gasteiger partial charge in [-0.05, 0) is 57.2 Å². The quantitative estimate of drug-likeness (QED) is 0.778. The van der Waals surface area contributed by atoms with Crippen molar-refractivity contribution >= 4 is 17.8 Å². The van der Waals surface area contributed by atoms with Gasteiger partial charge in [0, 0.05) is 57.3 Å². The third kappa shape index (κ3) is 5.32. The molecule has 2 aliphatic heterocycles. The summed E-state index contributed by atoms with van der Waals surface area (Å²) in [7, 11) is 0. The average Bonchev–Trinajstić information content (AvgIpc) is 3.33. The van der Waals surface area contributed by atoms with Crippen LogP contribution in [-0.2, 0) is 11.3 Å². The molecular weight excluding hydrogens is 380 g/mol. The SMILES string of the molecule is CCN(CC)C(=O)N1CCC(C(=O)NCc2ccc(C(=O)N3CCCC3)cc2)CC1. The fourth-order valence-electron chi connectivity index (χ4n) is 4.23. The fraction of sp³-hybridized carbons (Fsp3) is 0.609. The normalized spacial score (nSPS) is 17.1. The van der Waals surface area contributed by atoms with Crippen molar-refractivity contribution in [3.8, 4) is 0 Å². The summed E-state index contributed by atoms with van der Waals surface area (Å²) >= 11 is 0. The predicted molar refractivity (Wildman–Crippen MR) is 116 cm³/mol. The molecule has 0 atom stereocenters. The van der Waals surface area contributed by atoms with Crippen molar-refractivity contribution in [1.82, 2.24) is 20.0 Å². The monoisotopic (exact) mass is 414 g/mol. The summed E-state index contributed by atoms with van der Waals surface area (Å²) in [4.78, 5) is 43.0. The lowest BCUT2D eigenvalue weighted by molar-refractivity contribution is -0.126. The van der Waals surface area contributed by atoms with Crippen molar-refractivity contribution in [2.24, 2.45) is 5.92 Å². The number of urea groups is 1. The lowest BCUT2D eigenvalue weighted by atomic mass is 9.96. The summed E-state index contributed by atoms with van der Waals surface area (Å²) in [5.74, 6) is 0.0815. The molecule has 1 aromatic rings. The Morgan fingerprint density at radius 3 is 2.10 bits per heavy atom. The second-order valence-corrected chi connectivity index (χ2v) is 8.13. The Labute approximate surface area is 179 Å². The minimum absolute atomic E-state index is 0.0437. The summed E-state index contributed by atoms with van der Waals surface area (Å²) in [5.41, 5.74) is 1.69. The van der Waals surface area contributed by atoms with E-state index in [1.807, 2.05) is 52.8 Å². The van der Waals surface area contributed by atoms with Crippen molar-refractivity contribution in [2.75, 3.05) is 39.3 Å². The molecule has 0 unspecified atom stereocenters. The maximum absolute atomic E-state index is 12.6. The van der Waals surface area contributed by atoms with Crippen LogP contribution in [0.2, 0.25) is 0 Å². The molecule has 0 radical (unpaired) electrons. The van der Waals surface area contributed by atoms with Crippen LogP contribution in [0.25, 0.3) is 0 Å². The van der Waals surface area contributed by atoms with Gasteiger partial charge in [0.2, 0.25) is 5.91 Å². The van der Waals surface area contributed by atoms with Crippen LogP contribution in [0.4, 0.5) is 4.79 Å². The highest BCUT2D eigenvalue weighted by Crippen LogP contribution is 2.19. The summed E-state index contributed by atoms with van der Waals surface area (Å²) in [5, 5.41) is 3.01. The molecule has 2 heterocycles. The number of amides is 4. The van der Waals surface area contributed by atoms with Gasteiger partial charge in [-0.1, -0.05) is 12.1 Å². The first kappa shape index (κ1) is 22.1. The summed E-state index contributed by atoms with van der Waals surface area (Å²) in [6, 6.07) is 7.59. The van der Waals surface area contributed by atoms with E-state index in [2.05, 4.69) is 5.32 Å². The molecule has 0 spiro atoms. The molecule has 2 saturated heterocycles. The lowest BCUT2D eigenvalue weighted by Gasteiger charge is -2.34. The molecule has 7 nitrogen and oxygen atoms in total. The van der Waals surface area contributed by atoms with Crippen LogP contribution < -0.4 is 5.32 Å². The number of carbonyl (C=O) groups is 3. The van der Waals surface area contributed by atoms with Gasteiger partial charge in [0.05, 0.1) is 0 Å². The van der Waals surface area contributed by atoms with Crippen LogP contribution in [0.15, 0.2) is 24.3 Å². The Bertz CT molecular complexity index is 731. The smallest absolute Gasteiger partial charge is 0.319 e. The molecule has 4 amide bonds. The largest absolute Gasteiger partial charge is 0.352 e. The van der Waals surface area contributed by atoms with E-state index in [1.54, 1.807) is 0 Å². The van der Waals surface area contributed by atoms with E-state index < -0.39 is 0 Å². The van der Waals surface area contributed by atoms with E-state index in [4.69, 9.17) is 0 Å². The maximum Gasteiger partial charge on any atom is 0.319 e. The van der Waals surface area contributed by atoms with Crippen molar-refractivity contribution in [3.63, 3.8) is 0 Å². The molecule has 1 aromatic carbocycles. The average molecular weight is 415 g/mol. The van der Waals surface area contributed by atoms with Crippen LogP contribution in [0.3, 0.4) is 0 Å². The van der Waals surface area contributed by atoms with E-state index in [0.717, 1.165) is 31.5 Å². The molecule has 3 rings (SSSR count). The minimum Gasteiger partial charge on any atom is -0.352 e. The van der Waals surface area contributed by atoms with Crippen LogP contribution in [-0.4, -0.2) is 71.8 Å². The van der Waals surface area contributed by atoms with Gasteiger partial charge in [0.1, 0.15) is 0 Å². The van der Waals surface area contributed by atoms with Gasteiger partial charge in [-0.15, -0.1) is 0 Å². The van der Waals surface area contributed by atoms with Gasteiger partial charge in [-0.25, -0.2) is 4.79 Å². The van der Waals surface area contributed by atoms with E-state index in [1.165, 1.54) is 0 Å². The van der Waals surface area contributed by atoms with Gasteiger partial charge in [0.15, 0.2) is 0 Å². The van der Waals surface area contributed by atoms with E-state index in [-0.39, 0.29) is 23.8 Å². The Morgan fingerprint density at radius 2 is 1.53 bits per heavy atom. The molecule has 2 fully saturated rings. The summed E-state index contributed by atoms with van der Waals surface area (Å²) in [6.45, 7) is 8.77. The van der Waals surface area contributed by atoms with Crippen molar-refractivity contribution in [1.29, 1.82) is 0 Å². The van der Waals surface area contributed by atoms with Crippen molar-refractivity contribution < 1.29 is 14.4 Å². The fourth-order valence-corrected chi connectivity index (χ4v) is 4.23. The van der Waals surface area contributed by atoms with Gasteiger partial charge in [-0.3, -0.25) is 9.59 Å². The molecule has 164 valence electrons. The van der Waals surface area contributed by atoms with Crippen molar-refractivity contribution in [3.05, 3.63) is 35.4 Å². The summed E-state index contributed by atoms with van der Waals surface area (Å²) < 4.78 is 0. The number of hydrogen-bond acceptors (Lipinski definition) is 3. The van der Waals surface area contributed by atoms with Crippen LogP contribution in [0.1, 0.15) is 55.5 Å². The zero-order valence-electron chi connectivity index (χ0n) is 18.2. The number of piperidine rings is 1. The second-order valence-electron chi connectivity index (χ2n) is 8.13. The first-order valence-corrected chi connectivity index (χ1v) is 11.2. The number of carbonyl (C=O) groups excluding carboxylic acids is 3. The molecule has 0 aromatic heterocycles. The number of benzene rings is 1. The standard InChI is InChI=1S/C23H34N4O3/c1-3-25(4-2)23(30)27-15-11-19(12-16-27)21(28)24-17-18-7-9-20(10-8-18)22(29)26-13-5-6-14-26/h7-10,19H,3-6,11-17H2,1-2H3,(H,24,28). The highest BCUT2D eigenvalue weighted by atomic mass is 16.2. The van der Waals surface area contributed by atoms with Gasteiger partial charge < -0.3 is 20.0 Å². The number of rotatable bonds is 6. The number of nitrogens with one attached hydrogen (secondary N) is 1. The van der Waals surface area contributed by atoms with Gasteiger partial charge in [-0.2, -0.15) is 0 Å². The van der Waals surface area contributed by atoms with Crippen molar-refractivity contribution in [2.45, 2.75) is 46.1 Å². The second kappa shape index (κ2) is 10.5. The van der Waals surface area contributed by atoms with Crippen LogP contribution in [0, 0.1) is 5.92 Å². The predicted octanol–water partition coefficient (Wildman–Crippen LogP) is 2.71. The molecule has 2 aliphatic rings. The highest BCUT2D eigenvalue weighted by Gasteiger charge is 2.28. The van der Waals surface area contributed by atoms with E-state index in [9.17, 15) is 14.4 Å². The third-order valence-electron chi connectivity index (χ3n) is 6.23. The first-order valence-electron chi connectivity index (χ1n) is 11.2. The Morgan fingerprint density at radius 1 is 0.933 bits per heavy atom. The van der Waals surface area contributed by atoms with Crippen LogP contribution >= 0.6 is 0 Å².